The maximum Gasteiger partial charge on any atom is 0.238 e. The normalized spacial score (nSPS) is 10.3. The van der Waals surface area contributed by atoms with E-state index in [1.807, 2.05) is 0 Å². The quantitative estimate of drug-likeness (QED) is 0.773. The zero-order valence-corrected chi connectivity index (χ0v) is 12.4. The molecule has 1 amide bonds. The molecule has 0 saturated heterocycles. The average molecular weight is 302 g/mol. The monoisotopic (exact) mass is 302 g/mol. The summed E-state index contributed by atoms with van der Waals surface area (Å²) in [5, 5.41) is 5.85. The van der Waals surface area contributed by atoms with Crippen molar-refractivity contribution in [2.24, 2.45) is 0 Å². The number of benzene rings is 2. The number of nitrogens with one attached hydrogen (secondary N) is 2. The molecule has 0 aliphatic rings. The van der Waals surface area contributed by atoms with Crippen molar-refractivity contribution in [3.05, 3.63) is 59.9 Å². The number of carbonyl (C=O) groups excluding carboxylic acids is 1. The van der Waals surface area contributed by atoms with E-state index in [1.165, 1.54) is 12.1 Å². The van der Waals surface area contributed by atoms with Crippen molar-refractivity contribution in [1.82, 2.24) is 5.32 Å². The third kappa shape index (κ3) is 5.18. The highest BCUT2D eigenvalue weighted by Gasteiger charge is 2.02. The Balaban J connectivity index is 1.67. The Kier molecular flexibility index (Phi) is 5.91. The second-order valence-electron chi connectivity index (χ2n) is 4.83. The summed E-state index contributed by atoms with van der Waals surface area (Å²) in [7, 11) is 1.60. The molecule has 2 rings (SSSR count). The molecule has 0 spiro atoms. The lowest BCUT2D eigenvalue weighted by Crippen LogP contribution is -2.29. The van der Waals surface area contributed by atoms with Crippen molar-refractivity contribution in [2.75, 3.05) is 25.5 Å². The zero-order valence-electron chi connectivity index (χ0n) is 12.4. The number of hydrogen-bond acceptors (Lipinski definition) is 3. The van der Waals surface area contributed by atoms with Gasteiger partial charge in [-0.25, -0.2) is 4.39 Å². The van der Waals surface area contributed by atoms with Gasteiger partial charge in [0.2, 0.25) is 5.91 Å². The lowest BCUT2D eigenvalue weighted by Gasteiger charge is -2.07. The van der Waals surface area contributed by atoms with E-state index >= 15 is 0 Å². The van der Waals surface area contributed by atoms with Gasteiger partial charge in [-0.3, -0.25) is 4.79 Å². The van der Waals surface area contributed by atoms with Crippen molar-refractivity contribution < 1.29 is 13.9 Å². The number of amides is 1. The highest BCUT2D eigenvalue weighted by atomic mass is 19.1. The van der Waals surface area contributed by atoms with Crippen LogP contribution in [0.3, 0.4) is 0 Å². The third-order valence-corrected chi connectivity index (χ3v) is 3.16. The van der Waals surface area contributed by atoms with E-state index in [9.17, 15) is 9.18 Å². The number of rotatable bonds is 7. The zero-order chi connectivity index (χ0) is 15.8. The lowest BCUT2D eigenvalue weighted by atomic mass is 10.1. The van der Waals surface area contributed by atoms with Gasteiger partial charge in [0.15, 0.2) is 0 Å². The summed E-state index contributed by atoms with van der Waals surface area (Å²) in [6.07, 6.45) is 0.746. The second kappa shape index (κ2) is 8.14. The largest absolute Gasteiger partial charge is 0.497 e. The Hall–Kier alpha value is -2.40. The van der Waals surface area contributed by atoms with Gasteiger partial charge in [-0.15, -0.1) is 0 Å². The van der Waals surface area contributed by atoms with E-state index in [4.69, 9.17) is 4.74 Å². The minimum atomic E-state index is -0.240. The van der Waals surface area contributed by atoms with Crippen LogP contribution in [0.15, 0.2) is 48.5 Å². The number of halogens is 1. The smallest absolute Gasteiger partial charge is 0.238 e. The number of hydrogen-bond donors (Lipinski definition) is 2. The van der Waals surface area contributed by atoms with Crippen LogP contribution in [-0.2, 0) is 11.2 Å². The van der Waals surface area contributed by atoms with Crippen molar-refractivity contribution in [3.8, 4) is 5.75 Å². The van der Waals surface area contributed by atoms with Crippen LogP contribution in [0.4, 0.5) is 10.1 Å². The molecule has 22 heavy (non-hydrogen) atoms. The Morgan fingerprint density at radius 2 is 1.77 bits per heavy atom. The maximum absolute atomic E-state index is 12.8. The molecule has 0 unspecified atom stereocenters. The summed E-state index contributed by atoms with van der Waals surface area (Å²) >= 11 is 0. The second-order valence-corrected chi connectivity index (χ2v) is 4.83. The third-order valence-electron chi connectivity index (χ3n) is 3.16. The lowest BCUT2D eigenvalue weighted by molar-refractivity contribution is -0.115. The van der Waals surface area contributed by atoms with Crippen molar-refractivity contribution >= 4 is 11.6 Å². The molecule has 0 saturated carbocycles. The van der Waals surface area contributed by atoms with Crippen LogP contribution in [0.1, 0.15) is 5.56 Å². The van der Waals surface area contributed by atoms with Crippen LogP contribution < -0.4 is 15.4 Å². The van der Waals surface area contributed by atoms with Crippen LogP contribution in [0.2, 0.25) is 0 Å². The Morgan fingerprint density at radius 1 is 1.09 bits per heavy atom. The molecule has 2 aromatic carbocycles. The molecule has 0 aromatic heterocycles. The van der Waals surface area contributed by atoms with Gasteiger partial charge in [-0.1, -0.05) is 12.1 Å². The molecular weight excluding hydrogens is 283 g/mol. The summed E-state index contributed by atoms with van der Waals surface area (Å²) in [6.45, 7) is 0.884. The van der Waals surface area contributed by atoms with E-state index in [1.54, 1.807) is 43.5 Å². The number of ether oxygens (including phenoxy) is 1. The molecule has 0 bridgehead atoms. The van der Waals surface area contributed by atoms with Gasteiger partial charge in [-0.2, -0.15) is 0 Å². The first-order chi connectivity index (χ1) is 10.7. The molecule has 0 aliphatic carbocycles. The fourth-order valence-electron chi connectivity index (χ4n) is 1.97. The first-order valence-electron chi connectivity index (χ1n) is 7.06. The summed E-state index contributed by atoms with van der Waals surface area (Å²) in [5.41, 5.74) is 1.76. The summed E-state index contributed by atoms with van der Waals surface area (Å²) < 4.78 is 17.8. The first-order valence-corrected chi connectivity index (χ1v) is 7.06. The number of carbonyl (C=O) groups is 1. The van der Waals surface area contributed by atoms with E-state index in [0.717, 1.165) is 23.4 Å². The molecule has 0 aliphatic heterocycles. The van der Waals surface area contributed by atoms with Gasteiger partial charge in [-0.05, 0) is 54.9 Å². The molecule has 2 N–H and O–H groups in total. The molecule has 0 fully saturated rings. The summed E-state index contributed by atoms with van der Waals surface area (Å²) in [5.74, 6) is 0.398. The van der Waals surface area contributed by atoms with Crippen LogP contribution in [0, 0.1) is 5.82 Å². The van der Waals surface area contributed by atoms with Crippen LogP contribution in [-0.4, -0.2) is 26.1 Å². The highest BCUT2D eigenvalue weighted by Crippen LogP contribution is 2.14. The molecule has 0 atom stereocenters. The molecule has 5 heteroatoms. The number of anilines is 1. The van der Waals surface area contributed by atoms with Crippen molar-refractivity contribution in [1.29, 1.82) is 0 Å². The SMILES string of the molecule is COc1ccc(NC(=O)CNCCc2ccc(F)cc2)cc1. The van der Waals surface area contributed by atoms with Gasteiger partial charge in [0.25, 0.3) is 0 Å². The molecule has 2 aromatic rings. The molecule has 116 valence electrons. The predicted molar refractivity (Wildman–Crippen MR) is 84.6 cm³/mol. The highest BCUT2D eigenvalue weighted by molar-refractivity contribution is 5.92. The van der Waals surface area contributed by atoms with Crippen molar-refractivity contribution in [2.45, 2.75) is 6.42 Å². The molecule has 0 radical (unpaired) electrons. The van der Waals surface area contributed by atoms with Crippen LogP contribution >= 0.6 is 0 Å². The van der Waals surface area contributed by atoms with Gasteiger partial charge < -0.3 is 15.4 Å². The fraction of sp³-hybridized carbons (Fsp3) is 0.235. The summed E-state index contributed by atoms with van der Waals surface area (Å²) in [6, 6.07) is 13.5. The summed E-state index contributed by atoms with van der Waals surface area (Å²) in [4.78, 5) is 11.8. The van der Waals surface area contributed by atoms with Crippen molar-refractivity contribution in [3.63, 3.8) is 0 Å². The molecule has 4 nitrogen and oxygen atoms in total. The van der Waals surface area contributed by atoms with Gasteiger partial charge in [0.1, 0.15) is 11.6 Å². The Morgan fingerprint density at radius 3 is 2.41 bits per heavy atom. The molecular formula is C17H19FN2O2. The van der Waals surface area contributed by atoms with Gasteiger partial charge in [0, 0.05) is 5.69 Å². The number of methoxy groups -OCH3 is 1. The van der Waals surface area contributed by atoms with Crippen LogP contribution in [0.5, 0.6) is 5.75 Å². The topological polar surface area (TPSA) is 50.4 Å². The van der Waals surface area contributed by atoms with Gasteiger partial charge >= 0.3 is 0 Å². The molecule has 0 heterocycles. The maximum atomic E-state index is 12.8. The minimum Gasteiger partial charge on any atom is -0.497 e. The average Bonchev–Trinajstić information content (AvgIpc) is 2.54. The standard InChI is InChI=1S/C17H19FN2O2/c1-22-16-8-6-15(7-9-16)20-17(21)12-19-11-10-13-2-4-14(18)5-3-13/h2-9,19H,10-12H2,1H3,(H,20,21). The van der Waals surface area contributed by atoms with Gasteiger partial charge in [0.05, 0.1) is 13.7 Å². The fourth-order valence-corrected chi connectivity index (χ4v) is 1.97. The predicted octanol–water partition coefficient (Wildman–Crippen LogP) is 2.61. The van der Waals surface area contributed by atoms with E-state index < -0.39 is 0 Å². The van der Waals surface area contributed by atoms with E-state index in [0.29, 0.717) is 6.54 Å². The van der Waals surface area contributed by atoms with Crippen LogP contribution in [0.25, 0.3) is 0 Å². The van der Waals surface area contributed by atoms with E-state index in [-0.39, 0.29) is 18.3 Å². The Bertz CT molecular complexity index is 597. The first kappa shape index (κ1) is 16.0. The minimum absolute atomic E-state index is 0.107. The Labute approximate surface area is 129 Å². The van der Waals surface area contributed by atoms with E-state index in [2.05, 4.69) is 10.6 Å².